The summed E-state index contributed by atoms with van der Waals surface area (Å²) in [5.74, 6) is -0.361. The normalized spacial score (nSPS) is 11.2. The van der Waals surface area contributed by atoms with E-state index in [2.05, 4.69) is 5.32 Å². The van der Waals surface area contributed by atoms with Crippen LogP contribution < -0.4 is 15.8 Å². The molecular weight excluding hydrogens is 281 g/mol. The van der Waals surface area contributed by atoms with Gasteiger partial charge in [0.25, 0.3) is 5.91 Å². The third kappa shape index (κ3) is 5.29. The first kappa shape index (κ1) is 15.5. The molecule has 1 amide bonds. The molecule has 0 aliphatic rings. The minimum atomic E-state index is -4.28. The lowest BCUT2D eigenvalue weighted by atomic mass is 10.2. The zero-order chi connectivity index (χ0) is 14.5. The minimum Gasteiger partial charge on any atom is -0.495 e. The quantitative estimate of drug-likeness (QED) is 0.646. The van der Waals surface area contributed by atoms with E-state index in [1.807, 2.05) is 0 Å². The van der Waals surface area contributed by atoms with Gasteiger partial charge in [0.05, 0.1) is 12.8 Å². The number of nitrogens with one attached hydrogen (secondary N) is 1. The number of methoxy groups -OCH3 is 1. The van der Waals surface area contributed by atoms with Crippen molar-refractivity contribution in [3.8, 4) is 5.75 Å². The van der Waals surface area contributed by atoms with Gasteiger partial charge in [-0.15, -0.1) is 0 Å². The van der Waals surface area contributed by atoms with Crippen LogP contribution in [0.4, 0.5) is 18.9 Å². The lowest BCUT2D eigenvalue weighted by molar-refractivity contribution is -0.0327. The molecule has 0 unspecified atom stereocenters. The van der Waals surface area contributed by atoms with Crippen LogP contribution >= 0.6 is 11.8 Å². The summed E-state index contributed by atoms with van der Waals surface area (Å²) in [5, 5.41) is 2.39. The SMILES string of the molecule is COc1cc(C(=O)NCCSC(F)(F)F)ccc1N. The molecule has 0 saturated heterocycles. The van der Waals surface area contributed by atoms with Crippen LogP contribution in [0, 0.1) is 0 Å². The molecule has 0 fully saturated rings. The maximum Gasteiger partial charge on any atom is 0.441 e. The predicted octanol–water partition coefficient (Wildman–Crippen LogP) is 2.26. The van der Waals surface area contributed by atoms with Gasteiger partial charge in [-0.05, 0) is 30.0 Å². The summed E-state index contributed by atoms with van der Waals surface area (Å²) >= 11 is -0.179. The molecule has 1 aromatic rings. The van der Waals surface area contributed by atoms with Crippen LogP contribution in [0.25, 0.3) is 0 Å². The number of nitrogen functional groups attached to an aromatic ring is 1. The monoisotopic (exact) mass is 294 g/mol. The highest BCUT2D eigenvalue weighted by Gasteiger charge is 2.27. The van der Waals surface area contributed by atoms with Gasteiger partial charge in [0.15, 0.2) is 0 Å². The lowest BCUT2D eigenvalue weighted by Gasteiger charge is -2.09. The number of hydrogen-bond acceptors (Lipinski definition) is 4. The van der Waals surface area contributed by atoms with Gasteiger partial charge < -0.3 is 15.8 Å². The smallest absolute Gasteiger partial charge is 0.441 e. The van der Waals surface area contributed by atoms with Crippen LogP contribution in [0.5, 0.6) is 5.75 Å². The fourth-order valence-electron chi connectivity index (χ4n) is 1.29. The Bertz CT molecular complexity index is 452. The predicted molar refractivity (Wildman–Crippen MR) is 68.3 cm³/mol. The number of ether oxygens (including phenoxy) is 1. The molecule has 0 spiro atoms. The van der Waals surface area contributed by atoms with E-state index in [0.717, 1.165) is 0 Å². The van der Waals surface area contributed by atoms with Crippen LogP contribution in [0.2, 0.25) is 0 Å². The van der Waals surface area contributed by atoms with Gasteiger partial charge in [0.2, 0.25) is 0 Å². The van der Waals surface area contributed by atoms with Crippen LogP contribution in [0.3, 0.4) is 0 Å². The Morgan fingerprint density at radius 1 is 1.47 bits per heavy atom. The van der Waals surface area contributed by atoms with Crippen molar-refractivity contribution >= 4 is 23.4 Å². The number of anilines is 1. The fourth-order valence-corrected chi connectivity index (χ4v) is 1.72. The van der Waals surface area contributed by atoms with Crippen molar-refractivity contribution in [1.82, 2.24) is 5.32 Å². The number of carbonyl (C=O) groups excluding carboxylic acids is 1. The van der Waals surface area contributed by atoms with E-state index in [9.17, 15) is 18.0 Å². The molecule has 0 saturated carbocycles. The maximum atomic E-state index is 11.9. The van der Waals surface area contributed by atoms with Gasteiger partial charge in [-0.25, -0.2) is 0 Å². The van der Waals surface area contributed by atoms with Crippen molar-refractivity contribution in [1.29, 1.82) is 0 Å². The zero-order valence-corrected chi connectivity index (χ0v) is 10.9. The third-order valence-corrected chi connectivity index (χ3v) is 2.88. The number of rotatable bonds is 5. The standard InChI is InChI=1S/C11H13F3N2O2S/c1-18-9-6-7(2-3-8(9)15)10(17)16-4-5-19-11(12,13)14/h2-3,6H,4-5,15H2,1H3,(H,16,17). The van der Waals surface area contributed by atoms with Gasteiger partial charge in [0.1, 0.15) is 5.75 Å². The summed E-state index contributed by atoms with van der Waals surface area (Å²) < 4.78 is 40.5. The molecular formula is C11H13F3N2O2S. The second kappa shape index (κ2) is 6.55. The summed E-state index contributed by atoms with van der Waals surface area (Å²) in [4.78, 5) is 11.7. The number of alkyl halides is 3. The van der Waals surface area contributed by atoms with Gasteiger partial charge >= 0.3 is 5.51 Å². The summed E-state index contributed by atoms with van der Waals surface area (Å²) in [6.07, 6.45) is 0. The van der Waals surface area contributed by atoms with Crippen LogP contribution in [0.15, 0.2) is 18.2 Å². The Labute approximate surface area is 112 Å². The number of hydrogen-bond donors (Lipinski definition) is 2. The molecule has 0 aliphatic carbocycles. The largest absolute Gasteiger partial charge is 0.495 e. The summed E-state index contributed by atoms with van der Waals surface area (Å²) in [5.41, 5.74) is 1.96. The lowest BCUT2D eigenvalue weighted by Crippen LogP contribution is -2.26. The number of carbonyl (C=O) groups is 1. The van der Waals surface area contributed by atoms with E-state index in [1.54, 1.807) is 0 Å². The van der Waals surface area contributed by atoms with E-state index in [4.69, 9.17) is 10.5 Å². The maximum absolute atomic E-state index is 11.9. The topological polar surface area (TPSA) is 64.3 Å². The van der Waals surface area contributed by atoms with Gasteiger partial charge in [-0.1, -0.05) is 0 Å². The molecule has 19 heavy (non-hydrogen) atoms. The molecule has 1 rings (SSSR count). The minimum absolute atomic E-state index is 0.0737. The Balaban J connectivity index is 2.50. The van der Waals surface area contributed by atoms with Crippen LogP contribution in [-0.4, -0.2) is 30.8 Å². The molecule has 0 aromatic heterocycles. The Morgan fingerprint density at radius 2 is 2.16 bits per heavy atom. The van der Waals surface area contributed by atoms with Crippen molar-refractivity contribution in [2.75, 3.05) is 25.1 Å². The molecule has 0 atom stereocenters. The van der Waals surface area contributed by atoms with Crippen molar-refractivity contribution in [2.24, 2.45) is 0 Å². The van der Waals surface area contributed by atoms with Crippen molar-refractivity contribution in [2.45, 2.75) is 5.51 Å². The zero-order valence-electron chi connectivity index (χ0n) is 10.1. The number of nitrogens with two attached hydrogens (primary N) is 1. The molecule has 4 nitrogen and oxygen atoms in total. The molecule has 0 radical (unpaired) electrons. The van der Waals surface area contributed by atoms with Crippen molar-refractivity contribution in [3.05, 3.63) is 23.8 Å². The van der Waals surface area contributed by atoms with Crippen molar-refractivity contribution in [3.63, 3.8) is 0 Å². The first-order valence-electron chi connectivity index (χ1n) is 5.26. The van der Waals surface area contributed by atoms with E-state index in [0.29, 0.717) is 11.4 Å². The van der Waals surface area contributed by atoms with Gasteiger partial charge in [0, 0.05) is 17.9 Å². The van der Waals surface area contributed by atoms with E-state index < -0.39 is 11.4 Å². The van der Waals surface area contributed by atoms with E-state index in [1.165, 1.54) is 25.3 Å². The second-order valence-corrected chi connectivity index (χ2v) is 4.67. The third-order valence-electron chi connectivity index (χ3n) is 2.15. The molecule has 1 aromatic carbocycles. The number of amides is 1. The highest BCUT2D eigenvalue weighted by molar-refractivity contribution is 8.00. The second-order valence-electron chi connectivity index (χ2n) is 3.51. The summed E-state index contributed by atoms with van der Waals surface area (Å²) in [6, 6.07) is 4.41. The first-order valence-corrected chi connectivity index (χ1v) is 6.24. The Kier molecular flexibility index (Phi) is 5.34. The number of thioether (sulfide) groups is 1. The van der Waals surface area contributed by atoms with Crippen LogP contribution in [0.1, 0.15) is 10.4 Å². The Hall–Kier alpha value is -1.57. The molecule has 0 heterocycles. The molecule has 3 N–H and O–H groups in total. The average Bonchev–Trinajstić information content (AvgIpc) is 2.33. The summed E-state index contributed by atoms with van der Waals surface area (Å²) in [7, 11) is 1.41. The highest BCUT2D eigenvalue weighted by Crippen LogP contribution is 2.29. The van der Waals surface area contributed by atoms with Gasteiger partial charge in [-0.2, -0.15) is 13.2 Å². The van der Waals surface area contributed by atoms with Crippen LogP contribution in [-0.2, 0) is 0 Å². The first-order chi connectivity index (χ1) is 8.83. The molecule has 0 bridgehead atoms. The van der Waals surface area contributed by atoms with Crippen molar-refractivity contribution < 1.29 is 22.7 Å². The molecule has 0 aliphatic heterocycles. The average molecular weight is 294 g/mol. The number of halogens is 3. The fraction of sp³-hybridized carbons (Fsp3) is 0.364. The van der Waals surface area contributed by atoms with E-state index in [-0.39, 0.29) is 29.6 Å². The van der Waals surface area contributed by atoms with E-state index >= 15 is 0 Å². The summed E-state index contributed by atoms with van der Waals surface area (Å²) in [6.45, 7) is -0.0737. The molecule has 8 heteroatoms. The highest BCUT2D eigenvalue weighted by atomic mass is 32.2. The molecule has 106 valence electrons. The number of benzene rings is 1. The Morgan fingerprint density at radius 3 is 2.74 bits per heavy atom. The van der Waals surface area contributed by atoms with Gasteiger partial charge in [-0.3, -0.25) is 4.79 Å².